The van der Waals surface area contributed by atoms with Crippen molar-refractivity contribution in [2.75, 3.05) is 39.0 Å². The van der Waals surface area contributed by atoms with Gasteiger partial charge in [0, 0.05) is 75.4 Å². The molecule has 2 aliphatic heterocycles. The highest BCUT2D eigenvalue weighted by Crippen LogP contribution is 2.42. The number of hydrogen-bond acceptors (Lipinski definition) is 8. The quantitative estimate of drug-likeness (QED) is 0.337. The van der Waals surface area contributed by atoms with Gasteiger partial charge in [-0.3, -0.25) is 9.59 Å². The van der Waals surface area contributed by atoms with Crippen LogP contribution in [0.3, 0.4) is 0 Å². The topological polar surface area (TPSA) is 157 Å². The third-order valence-electron chi connectivity index (χ3n) is 10.0. The van der Waals surface area contributed by atoms with Crippen molar-refractivity contribution < 1.29 is 24.6 Å². The molecule has 6 rings (SSSR count). The Morgan fingerprint density at radius 1 is 0.979 bits per heavy atom. The number of amides is 3. The van der Waals surface area contributed by atoms with Gasteiger partial charge in [-0.25, -0.2) is 14.8 Å². The molecule has 3 N–H and O–H groups in total. The number of anilines is 2. The minimum Gasteiger partial charge on any atom is -0.465 e. The molecule has 1 aliphatic carbocycles. The van der Waals surface area contributed by atoms with Gasteiger partial charge < -0.3 is 34.8 Å². The van der Waals surface area contributed by atoms with E-state index in [1.54, 1.807) is 42.2 Å². The molecule has 13 nitrogen and oxygen atoms in total. The second-order valence-corrected chi connectivity index (χ2v) is 14.6. The van der Waals surface area contributed by atoms with Crippen LogP contribution in [0.25, 0.3) is 11.0 Å². The number of fused-ring (bicyclic) bond motifs is 3. The molecule has 3 aliphatic rings. The number of nitrogens with one attached hydrogen (secondary N) is 1. The number of carbonyl (C=O) groups excluding carboxylic acids is 2. The molecular weight excluding hydrogens is 600 g/mol. The van der Waals surface area contributed by atoms with E-state index in [4.69, 9.17) is 4.98 Å². The largest absolute Gasteiger partial charge is 0.465 e. The summed E-state index contributed by atoms with van der Waals surface area (Å²) in [6, 6.07) is 5.03. The van der Waals surface area contributed by atoms with Crippen LogP contribution in [-0.4, -0.2) is 108 Å². The third kappa shape index (κ3) is 6.37. The zero-order valence-corrected chi connectivity index (χ0v) is 27.9. The Labute approximate surface area is 275 Å². The van der Waals surface area contributed by atoms with Crippen molar-refractivity contribution in [1.29, 1.82) is 0 Å². The lowest BCUT2D eigenvalue weighted by Crippen LogP contribution is -2.68. The monoisotopic (exact) mass is 646 g/mol. The summed E-state index contributed by atoms with van der Waals surface area (Å²) in [7, 11) is 3.51. The molecule has 3 aromatic heterocycles. The summed E-state index contributed by atoms with van der Waals surface area (Å²) in [5.74, 6) is -0.223. The average Bonchev–Trinajstić information content (AvgIpc) is 3.17. The molecule has 3 amide bonds. The van der Waals surface area contributed by atoms with Crippen LogP contribution in [0.2, 0.25) is 0 Å². The first-order valence-corrected chi connectivity index (χ1v) is 16.6. The van der Waals surface area contributed by atoms with E-state index >= 15 is 0 Å². The van der Waals surface area contributed by atoms with Gasteiger partial charge in [-0.15, -0.1) is 0 Å². The third-order valence-corrected chi connectivity index (χ3v) is 10.0. The van der Waals surface area contributed by atoms with Crippen LogP contribution in [-0.2, 0) is 0 Å². The van der Waals surface area contributed by atoms with Gasteiger partial charge in [0.2, 0.25) is 5.95 Å². The predicted molar refractivity (Wildman–Crippen MR) is 177 cm³/mol. The molecule has 2 saturated heterocycles. The van der Waals surface area contributed by atoms with Crippen LogP contribution < -0.4 is 5.32 Å². The average molecular weight is 647 g/mol. The summed E-state index contributed by atoms with van der Waals surface area (Å²) < 4.78 is 2.09. The lowest BCUT2D eigenvalue weighted by atomic mass is 9.68. The van der Waals surface area contributed by atoms with Crippen molar-refractivity contribution in [3.8, 4) is 0 Å². The Hall–Kier alpha value is -4.26. The number of aromatic nitrogens is 4. The molecule has 0 spiro atoms. The fourth-order valence-electron chi connectivity index (χ4n) is 7.94. The number of nitrogens with zero attached hydrogens (tertiary/aromatic N) is 7. The van der Waals surface area contributed by atoms with Crippen LogP contribution in [0, 0.1) is 17.3 Å². The standard InChI is InChI=1S/C34H46N8O5/c1-34(2,3)28-24-19-40(17-22(27(24)43)18-41(28)33(46)47)30(44)20-12-13-26(35-15-20)37-32-36-16-21-14-25(31(45)39(4)5)42(29(21)38-32)23-10-8-6-7-9-11-23/h12-16,22-24,27-28,43H,6-11,17-19H2,1-5H3,(H,46,47)(H,35,36,37,38)/t22-,24-,27?,28?/m0/s1. The molecule has 1 saturated carbocycles. The molecule has 0 radical (unpaired) electrons. The highest BCUT2D eigenvalue weighted by atomic mass is 16.4. The number of piperidine rings is 2. The fraction of sp³-hybridized carbons (Fsp3) is 0.588. The Kier molecular flexibility index (Phi) is 8.86. The van der Waals surface area contributed by atoms with E-state index in [9.17, 15) is 24.6 Å². The minimum atomic E-state index is -0.998. The molecule has 2 unspecified atom stereocenters. The Bertz CT molecular complexity index is 1640. The van der Waals surface area contributed by atoms with Gasteiger partial charge in [0.25, 0.3) is 11.8 Å². The van der Waals surface area contributed by atoms with Crippen molar-refractivity contribution >= 4 is 40.7 Å². The van der Waals surface area contributed by atoms with E-state index in [1.165, 1.54) is 23.9 Å². The molecular formula is C34H46N8O5. The van der Waals surface area contributed by atoms with Gasteiger partial charge in [-0.2, -0.15) is 4.98 Å². The summed E-state index contributed by atoms with van der Waals surface area (Å²) in [4.78, 5) is 57.5. The van der Waals surface area contributed by atoms with E-state index in [-0.39, 0.29) is 43.4 Å². The predicted octanol–water partition coefficient (Wildman–Crippen LogP) is 4.62. The number of carbonyl (C=O) groups is 3. The number of aliphatic hydroxyl groups is 1. The summed E-state index contributed by atoms with van der Waals surface area (Å²) in [6.45, 7) is 6.61. The smallest absolute Gasteiger partial charge is 0.407 e. The number of carboxylic acid groups (broad SMARTS) is 1. The van der Waals surface area contributed by atoms with Crippen molar-refractivity contribution in [2.45, 2.75) is 77.5 Å². The summed E-state index contributed by atoms with van der Waals surface area (Å²) in [5, 5.41) is 24.9. The zero-order valence-electron chi connectivity index (χ0n) is 27.9. The molecule has 47 heavy (non-hydrogen) atoms. The van der Waals surface area contributed by atoms with E-state index in [1.807, 2.05) is 26.8 Å². The normalized spacial score (nSPS) is 23.8. The lowest BCUT2D eigenvalue weighted by molar-refractivity contribution is -0.115. The highest BCUT2D eigenvalue weighted by molar-refractivity contribution is 5.98. The first-order valence-electron chi connectivity index (χ1n) is 16.6. The molecule has 252 valence electrons. The second-order valence-electron chi connectivity index (χ2n) is 14.6. The number of likely N-dealkylation sites (tertiary alicyclic amines) is 2. The van der Waals surface area contributed by atoms with Gasteiger partial charge in [0.05, 0.1) is 11.7 Å². The number of hydrogen-bond donors (Lipinski definition) is 3. The Morgan fingerprint density at radius 3 is 2.32 bits per heavy atom. The second kappa shape index (κ2) is 12.7. The summed E-state index contributed by atoms with van der Waals surface area (Å²) >= 11 is 0. The Balaban J connectivity index is 1.21. The van der Waals surface area contributed by atoms with Crippen molar-refractivity contribution in [3.05, 3.63) is 41.9 Å². The van der Waals surface area contributed by atoms with Crippen LogP contribution in [0.15, 0.2) is 30.6 Å². The van der Waals surface area contributed by atoms with Crippen molar-refractivity contribution in [3.63, 3.8) is 0 Å². The lowest BCUT2D eigenvalue weighted by Gasteiger charge is -2.56. The number of pyridine rings is 1. The molecule has 3 aromatic rings. The first kappa shape index (κ1) is 32.7. The van der Waals surface area contributed by atoms with E-state index in [0.717, 1.165) is 31.1 Å². The minimum absolute atomic E-state index is 0.0661. The molecule has 3 fully saturated rings. The van der Waals surface area contributed by atoms with Crippen molar-refractivity contribution in [1.82, 2.24) is 34.2 Å². The zero-order chi connectivity index (χ0) is 33.6. The van der Waals surface area contributed by atoms with E-state index < -0.39 is 29.6 Å². The van der Waals surface area contributed by atoms with Crippen molar-refractivity contribution in [2.24, 2.45) is 17.3 Å². The molecule has 2 bridgehead atoms. The number of rotatable bonds is 5. The van der Waals surface area contributed by atoms with Gasteiger partial charge in [0.1, 0.15) is 17.2 Å². The van der Waals surface area contributed by atoms with Crippen LogP contribution in [0.5, 0.6) is 0 Å². The van der Waals surface area contributed by atoms with Crippen LogP contribution in [0.1, 0.15) is 86.2 Å². The van der Waals surface area contributed by atoms with Gasteiger partial charge in [0.15, 0.2) is 0 Å². The molecule has 0 aromatic carbocycles. The number of aliphatic hydroxyl groups excluding tert-OH is 1. The summed E-state index contributed by atoms with van der Waals surface area (Å²) in [6.07, 6.45) is 8.16. The van der Waals surface area contributed by atoms with Gasteiger partial charge in [-0.05, 0) is 36.5 Å². The maximum Gasteiger partial charge on any atom is 0.407 e. The van der Waals surface area contributed by atoms with E-state index in [0.29, 0.717) is 28.7 Å². The fourth-order valence-corrected chi connectivity index (χ4v) is 7.94. The molecule has 13 heteroatoms. The SMILES string of the molecule is CN(C)C(=O)c1cc2cnc(Nc3ccc(C(=O)N4C[C@H]5CN(C(=O)O)C(C(C)(C)C)[C@@H](C4)C5O)cn3)nc2n1C1CCCCCC1. The summed E-state index contributed by atoms with van der Waals surface area (Å²) in [5.41, 5.74) is 1.31. The van der Waals surface area contributed by atoms with E-state index in [2.05, 4.69) is 19.9 Å². The maximum atomic E-state index is 13.6. The maximum absolute atomic E-state index is 13.6. The highest BCUT2D eigenvalue weighted by Gasteiger charge is 2.53. The molecule has 4 atom stereocenters. The van der Waals surface area contributed by atoms with Gasteiger partial charge >= 0.3 is 6.09 Å². The van der Waals surface area contributed by atoms with Gasteiger partial charge in [-0.1, -0.05) is 46.5 Å². The van der Waals surface area contributed by atoms with Crippen LogP contribution in [0.4, 0.5) is 16.6 Å². The first-order chi connectivity index (χ1) is 22.3. The van der Waals surface area contributed by atoms with Crippen LogP contribution >= 0.6 is 0 Å². The molecule has 5 heterocycles. The Morgan fingerprint density at radius 2 is 1.70 bits per heavy atom.